The molecule has 0 unspecified atom stereocenters. The molecule has 0 aliphatic carbocycles. The highest BCUT2D eigenvalue weighted by Gasteiger charge is 2.23. The number of hydrogen-bond acceptors (Lipinski definition) is 5. The molecule has 1 aliphatic heterocycles. The predicted octanol–water partition coefficient (Wildman–Crippen LogP) is 0.316. The molecule has 4 nitrogen and oxygen atoms in total. The van der Waals surface area contributed by atoms with Crippen LogP contribution in [0.2, 0.25) is 0 Å². The van der Waals surface area contributed by atoms with Gasteiger partial charge >= 0.3 is 0 Å². The smallest absolute Gasteiger partial charge is 0.245 e. The topological polar surface area (TPSA) is 47.5 Å². The summed E-state index contributed by atoms with van der Waals surface area (Å²) in [5, 5.41) is 0. The first-order chi connectivity index (χ1) is 4.95. The normalized spacial score (nSPS) is 22.6. The Balaban J connectivity index is 1.79. The first-order valence-corrected chi connectivity index (χ1v) is 3.70. The molecule has 54 valence electrons. The van der Waals surface area contributed by atoms with Crippen molar-refractivity contribution in [3.05, 3.63) is 6.20 Å². The predicted molar refractivity (Wildman–Crippen MR) is 35.1 cm³/mol. The van der Waals surface area contributed by atoms with Gasteiger partial charge in [0.2, 0.25) is 5.88 Å². The van der Waals surface area contributed by atoms with Crippen LogP contribution in [0.5, 0.6) is 5.88 Å². The SMILES string of the molecule is c1nsnc1OC[C@H]1CO1. The quantitative estimate of drug-likeness (QED) is 0.594. The molecule has 1 aliphatic rings. The summed E-state index contributed by atoms with van der Waals surface area (Å²) in [5.41, 5.74) is 0. The highest BCUT2D eigenvalue weighted by Crippen LogP contribution is 2.11. The molecule has 0 saturated carbocycles. The van der Waals surface area contributed by atoms with Gasteiger partial charge in [-0.05, 0) is 0 Å². The zero-order valence-corrected chi connectivity index (χ0v) is 6.00. The third-order valence-corrected chi connectivity index (χ3v) is 1.62. The van der Waals surface area contributed by atoms with Crippen molar-refractivity contribution in [2.45, 2.75) is 6.10 Å². The van der Waals surface area contributed by atoms with Crippen molar-refractivity contribution in [2.75, 3.05) is 13.2 Å². The van der Waals surface area contributed by atoms with E-state index in [4.69, 9.17) is 9.47 Å². The lowest BCUT2D eigenvalue weighted by Crippen LogP contribution is -2.03. The Kier molecular flexibility index (Phi) is 1.52. The van der Waals surface area contributed by atoms with Crippen LogP contribution in [0.3, 0.4) is 0 Å². The van der Waals surface area contributed by atoms with Gasteiger partial charge < -0.3 is 9.47 Å². The monoisotopic (exact) mass is 158 g/mol. The Labute approximate surface area is 62.1 Å². The standard InChI is InChI=1S/C5H6N2O2S/c1-5(7-10-6-1)9-3-4-2-8-4/h1,4H,2-3H2/t4-/m1/s1. The van der Waals surface area contributed by atoms with E-state index >= 15 is 0 Å². The van der Waals surface area contributed by atoms with Crippen molar-refractivity contribution < 1.29 is 9.47 Å². The van der Waals surface area contributed by atoms with E-state index in [0.717, 1.165) is 18.3 Å². The van der Waals surface area contributed by atoms with Gasteiger partial charge in [-0.3, -0.25) is 0 Å². The molecule has 0 radical (unpaired) electrons. The van der Waals surface area contributed by atoms with E-state index in [2.05, 4.69) is 8.75 Å². The molecule has 2 heterocycles. The van der Waals surface area contributed by atoms with Gasteiger partial charge in [-0.15, -0.1) is 4.37 Å². The van der Waals surface area contributed by atoms with E-state index in [1.54, 1.807) is 6.20 Å². The number of epoxide rings is 1. The van der Waals surface area contributed by atoms with Gasteiger partial charge in [-0.25, -0.2) is 0 Å². The Morgan fingerprint density at radius 1 is 1.90 bits per heavy atom. The van der Waals surface area contributed by atoms with Gasteiger partial charge in [0.1, 0.15) is 18.9 Å². The van der Waals surface area contributed by atoms with Gasteiger partial charge in [0, 0.05) is 0 Å². The number of rotatable bonds is 3. The lowest BCUT2D eigenvalue weighted by atomic mass is 10.5. The molecular weight excluding hydrogens is 152 g/mol. The molecule has 0 amide bonds. The summed E-state index contributed by atoms with van der Waals surface area (Å²) in [6.07, 6.45) is 1.90. The molecule has 0 aromatic carbocycles. The Morgan fingerprint density at radius 2 is 2.80 bits per heavy atom. The van der Waals surface area contributed by atoms with Crippen LogP contribution in [0, 0.1) is 0 Å². The lowest BCUT2D eigenvalue weighted by molar-refractivity contribution is 0.257. The summed E-state index contributed by atoms with van der Waals surface area (Å²) in [6.45, 7) is 1.42. The maximum absolute atomic E-state index is 5.18. The van der Waals surface area contributed by atoms with E-state index in [-0.39, 0.29) is 0 Å². The summed E-state index contributed by atoms with van der Waals surface area (Å²) in [4.78, 5) is 0. The molecule has 1 saturated heterocycles. The third-order valence-electron chi connectivity index (χ3n) is 1.16. The van der Waals surface area contributed by atoms with Gasteiger partial charge in [0.25, 0.3) is 0 Å². The Hall–Kier alpha value is -0.680. The maximum Gasteiger partial charge on any atom is 0.245 e. The molecule has 1 atom stereocenters. The van der Waals surface area contributed by atoms with Crippen LogP contribution in [0.15, 0.2) is 6.20 Å². The number of aromatic nitrogens is 2. The molecule has 0 spiro atoms. The molecule has 0 N–H and O–H groups in total. The molecule has 1 aromatic heterocycles. The first-order valence-electron chi connectivity index (χ1n) is 2.97. The summed E-state index contributed by atoms with van der Waals surface area (Å²) in [7, 11) is 0. The first kappa shape index (κ1) is 6.06. The fourth-order valence-electron chi connectivity index (χ4n) is 0.562. The van der Waals surface area contributed by atoms with Crippen LogP contribution in [-0.2, 0) is 4.74 Å². The second-order valence-electron chi connectivity index (χ2n) is 2.01. The summed E-state index contributed by atoms with van der Waals surface area (Å²) < 4.78 is 17.8. The molecule has 1 fully saturated rings. The van der Waals surface area contributed by atoms with Crippen LogP contribution in [0.25, 0.3) is 0 Å². The second kappa shape index (κ2) is 2.51. The minimum atomic E-state index is 0.293. The van der Waals surface area contributed by atoms with Crippen LogP contribution < -0.4 is 4.74 Å². The number of ether oxygens (including phenoxy) is 2. The van der Waals surface area contributed by atoms with Gasteiger partial charge in [0.05, 0.1) is 18.3 Å². The van der Waals surface area contributed by atoms with E-state index in [1.807, 2.05) is 0 Å². The largest absolute Gasteiger partial charge is 0.473 e. The summed E-state index contributed by atoms with van der Waals surface area (Å²) in [6, 6.07) is 0. The average Bonchev–Trinajstić information content (AvgIpc) is 2.63. The van der Waals surface area contributed by atoms with Crippen molar-refractivity contribution >= 4 is 11.7 Å². The van der Waals surface area contributed by atoms with Crippen molar-refractivity contribution in [3.8, 4) is 5.88 Å². The third kappa shape index (κ3) is 1.43. The highest BCUT2D eigenvalue weighted by atomic mass is 32.1. The maximum atomic E-state index is 5.18. The van der Waals surface area contributed by atoms with E-state index in [9.17, 15) is 0 Å². The molecule has 10 heavy (non-hydrogen) atoms. The van der Waals surface area contributed by atoms with Crippen molar-refractivity contribution in [1.29, 1.82) is 0 Å². The van der Waals surface area contributed by atoms with E-state index in [1.165, 1.54) is 0 Å². The van der Waals surface area contributed by atoms with Crippen LogP contribution in [-0.4, -0.2) is 28.1 Å². The van der Waals surface area contributed by atoms with Gasteiger partial charge in [-0.2, -0.15) is 4.37 Å². The van der Waals surface area contributed by atoms with Crippen LogP contribution in [0.4, 0.5) is 0 Å². The van der Waals surface area contributed by atoms with Crippen molar-refractivity contribution in [1.82, 2.24) is 8.75 Å². The van der Waals surface area contributed by atoms with Gasteiger partial charge in [0.15, 0.2) is 0 Å². The minimum absolute atomic E-state index is 0.293. The number of nitrogens with zero attached hydrogens (tertiary/aromatic N) is 2. The van der Waals surface area contributed by atoms with E-state index < -0.39 is 0 Å². The van der Waals surface area contributed by atoms with Crippen molar-refractivity contribution in [2.24, 2.45) is 0 Å². The van der Waals surface area contributed by atoms with Crippen LogP contribution in [0.1, 0.15) is 0 Å². The highest BCUT2D eigenvalue weighted by molar-refractivity contribution is 6.99. The second-order valence-corrected chi connectivity index (χ2v) is 2.57. The average molecular weight is 158 g/mol. The number of hydrogen-bond donors (Lipinski definition) is 0. The van der Waals surface area contributed by atoms with Crippen molar-refractivity contribution in [3.63, 3.8) is 0 Å². The zero-order valence-electron chi connectivity index (χ0n) is 5.19. The Morgan fingerprint density at radius 3 is 3.40 bits per heavy atom. The molecular formula is C5H6N2O2S. The minimum Gasteiger partial charge on any atom is -0.473 e. The fraction of sp³-hybridized carbons (Fsp3) is 0.600. The van der Waals surface area contributed by atoms with Crippen LogP contribution >= 0.6 is 11.7 Å². The van der Waals surface area contributed by atoms with Gasteiger partial charge in [-0.1, -0.05) is 0 Å². The summed E-state index contributed by atoms with van der Waals surface area (Å²) in [5.74, 6) is 0.598. The molecule has 0 bridgehead atoms. The summed E-state index contributed by atoms with van der Waals surface area (Å²) >= 11 is 1.15. The zero-order chi connectivity index (χ0) is 6.81. The molecule has 1 aromatic rings. The molecule has 2 rings (SSSR count). The molecule has 5 heteroatoms. The Bertz CT molecular complexity index is 197. The fourth-order valence-corrected chi connectivity index (χ4v) is 0.927. The lowest BCUT2D eigenvalue weighted by Gasteiger charge is -1.95. The van der Waals surface area contributed by atoms with E-state index in [0.29, 0.717) is 18.6 Å².